The second-order valence-electron chi connectivity index (χ2n) is 6.45. The van der Waals surface area contributed by atoms with Crippen LogP contribution in [0.25, 0.3) is 11.3 Å². The van der Waals surface area contributed by atoms with Crippen molar-refractivity contribution in [2.45, 2.75) is 26.7 Å². The van der Waals surface area contributed by atoms with Crippen LogP contribution >= 0.6 is 12.4 Å². The molecule has 6 nitrogen and oxygen atoms in total. The Morgan fingerprint density at radius 1 is 1.04 bits per heavy atom. The second-order valence-corrected chi connectivity index (χ2v) is 6.45. The number of nitrogens with one attached hydrogen (secondary N) is 1. The van der Waals surface area contributed by atoms with Crippen LogP contribution < -0.4 is 10.2 Å². The molecule has 2 aromatic rings. The van der Waals surface area contributed by atoms with E-state index >= 15 is 0 Å². The van der Waals surface area contributed by atoms with Crippen LogP contribution in [0.3, 0.4) is 0 Å². The summed E-state index contributed by atoms with van der Waals surface area (Å²) in [5, 5.41) is 3.42. The predicted octanol–water partition coefficient (Wildman–Crippen LogP) is 3.10. The monoisotopic (exact) mass is 376 g/mol. The number of rotatable bonds is 5. The van der Waals surface area contributed by atoms with Gasteiger partial charge in [-0.3, -0.25) is 4.98 Å². The molecule has 0 aliphatic carbocycles. The van der Waals surface area contributed by atoms with Crippen LogP contribution in [0.4, 0.5) is 11.6 Å². The van der Waals surface area contributed by atoms with Crippen LogP contribution in [0.15, 0.2) is 24.5 Å². The van der Waals surface area contributed by atoms with E-state index in [1.165, 1.54) is 0 Å². The largest absolute Gasteiger partial charge is 0.367 e. The highest BCUT2D eigenvalue weighted by Gasteiger charge is 2.21. The topological polar surface area (TPSA) is 57.2 Å². The molecule has 1 fully saturated rings. The van der Waals surface area contributed by atoms with Crippen LogP contribution in [0, 0.1) is 0 Å². The quantitative estimate of drug-likeness (QED) is 0.865. The van der Waals surface area contributed by atoms with E-state index in [-0.39, 0.29) is 12.4 Å². The van der Waals surface area contributed by atoms with Crippen molar-refractivity contribution in [2.24, 2.45) is 0 Å². The average molecular weight is 377 g/mol. The third kappa shape index (κ3) is 4.62. The lowest BCUT2D eigenvalue weighted by Crippen LogP contribution is -2.30. The van der Waals surface area contributed by atoms with Crippen molar-refractivity contribution in [2.75, 3.05) is 50.0 Å². The number of pyridine rings is 1. The van der Waals surface area contributed by atoms with Crippen LogP contribution in [0.2, 0.25) is 0 Å². The molecule has 0 atom stereocenters. The Morgan fingerprint density at radius 2 is 1.81 bits per heavy atom. The highest BCUT2D eigenvalue weighted by molar-refractivity contribution is 5.85. The van der Waals surface area contributed by atoms with E-state index in [4.69, 9.17) is 9.97 Å². The number of hydrogen-bond acceptors (Lipinski definition) is 6. The molecular weight excluding hydrogens is 348 g/mol. The van der Waals surface area contributed by atoms with Gasteiger partial charge in [-0.25, -0.2) is 9.97 Å². The van der Waals surface area contributed by atoms with Gasteiger partial charge in [0.1, 0.15) is 0 Å². The average Bonchev–Trinajstić information content (AvgIpc) is 2.87. The highest BCUT2D eigenvalue weighted by Crippen LogP contribution is 2.29. The second kappa shape index (κ2) is 9.69. The molecule has 3 heterocycles. The summed E-state index contributed by atoms with van der Waals surface area (Å²) in [4.78, 5) is 18.9. The molecule has 3 rings (SSSR count). The molecule has 0 radical (unpaired) electrons. The van der Waals surface area contributed by atoms with Gasteiger partial charge >= 0.3 is 0 Å². The summed E-state index contributed by atoms with van der Waals surface area (Å²) >= 11 is 0. The molecule has 0 saturated carbocycles. The standard InChI is InChI=1S/C19H28N6.ClH/c1-4-16-17(15-7-9-20-10-8-15)23-19(18(22-16)21-5-2)25-12-6-11-24(3)13-14-25;/h7-10H,4-6,11-14H2,1-3H3,(H,21,22);1H. The summed E-state index contributed by atoms with van der Waals surface area (Å²) in [5.41, 5.74) is 3.08. The Kier molecular flexibility index (Phi) is 7.60. The Labute approximate surface area is 162 Å². The normalized spacial score (nSPS) is 15.3. The SMILES string of the molecule is CCNc1nc(CC)c(-c2ccncc2)nc1N1CCCN(C)CC1.Cl. The Bertz CT molecular complexity index is 694. The van der Waals surface area contributed by atoms with Gasteiger partial charge in [-0.15, -0.1) is 12.4 Å². The van der Waals surface area contributed by atoms with E-state index in [1.807, 2.05) is 24.5 Å². The molecule has 2 aromatic heterocycles. The van der Waals surface area contributed by atoms with E-state index in [9.17, 15) is 0 Å². The molecule has 142 valence electrons. The zero-order valence-corrected chi connectivity index (χ0v) is 16.7. The maximum absolute atomic E-state index is 5.08. The minimum absolute atomic E-state index is 0. The van der Waals surface area contributed by atoms with E-state index in [0.29, 0.717) is 0 Å². The van der Waals surface area contributed by atoms with Gasteiger partial charge in [0.2, 0.25) is 0 Å². The van der Waals surface area contributed by atoms with Crippen molar-refractivity contribution in [3.8, 4) is 11.3 Å². The number of hydrogen-bond donors (Lipinski definition) is 1. The molecule has 0 aromatic carbocycles. The van der Waals surface area contributed by atoms with Gasteiger partial charge in [0, 0.05) is 44.1 Å². The summed E-state index contributed by atoms with van der Waals surface area (Å²) in [6, 6.07) is 4.02. The van der Waals surface area contributed by atoms with Crippen molar-refractivity contribution >= 4 is 24.0 Å². The van der Waals surface area contributed by atoms with Crippen molar-refractivity contribution in [1.82, 2.24) is 19.9 Å². The molecule has 1 aliphatic heterocycles. The number of anilines is 2. The van der Waals surface area contributed by atoms with Gasteiger partial charge in [0.05, 0.1) is 11.4 Å². The smallest absolute Gasteiger partial charge is 0.172 e. The van der Waals surface area contributed by atoms with E-state index in [2.05, 4.69) is 41.0 Å². The first kappa shape index (κ1) is 20.4. The molecule has 7 heteroatoms. The van der Waals surface area contributed by atoms with Gasteiger partial charge in [0.15, 0.2) is 11.6 Å². The fraction of sp³-hybridized carbons (Fsp3) is 0.526. The minimum atomic E-state index is 0. The third-order valence-corrected chi connectivity index (χ3v) is 4.60. The molecule has 0 unspecified atom stereocenters. The van der Waals surface area contributed by atoms with Gasteiger partial charge in [-0.2, -0.15) is 0 Å². The summed E-state index contributed by atoms with van der Waals surface area (Å²) in [7, 11) is 2.18. The number of halogens is 1. The number of aryl methyl sites for hydroxylation is 1. The predicted molar refractivity (Wildman–Crippen MR) is 110 cm³/mol. The summed E-state index contributed by atoms with van der Waals surface area (Å²) in [6.45, 7) is 9.24. The summed E-state index contributed by atoms with van der Waals surface area (Å²) < 4.78 is 0. The van der Waals surface area contributed by atoms with E-state index in [1.54, 1.807) is 0 Å². The molecule has 26 heavy (non-hydrogen) atoms. The van der Waals surface area contributed by atoms with Crippen molar-refractivity contribution in [3.63, 3.8) is 0 Å². The maximum atomic E-state index is 5.08. The molecular formula is C19H29ClN6. The first-order valence-electron chi connectivity index (χ1n) is 9.21. The van der Waals surface area contributed by atoms with Crippen LogP contribution in [0.1, 0.15) is 26.0 Å². The number of aromatic nitrogens is 3. The zero-order chi connectivity index (χ0) is 17.6. The fourth-order valence-electron chi connectivity index (χ4n) is 3.21. The number of nitrogens with zero attached hydrogens (tertiary/aromatic N) is 5. The van der Waals surface area contributed by atoms with Gasteiger partial charge in [-0.1, -0.05) is 6.92 Å². The van der Waals surface area contributed by atoms with E-state index < -0.39 is 0 Å². The lowest BCUT2D eigenvalue weighted by molar-refractivity contribution is 0.360. The summed E-state index contributed by atoms with van der Waals surface area (Å²) in [6.07, 6.45) is 5.63. The van der Waals surface area contributed by atoms with Gasteiger partial charge < -0.3 is 15.1 Å². The highest BCUT2D eigenvalue weighted by atomic mass is 35.5. The molecule has 0 spiro atoms. The molecule has 1 aliphatic rings. The molecule has 0 amide bonds. The summed E-state index contributed by atoms with van der Waals surface area (Å²) in [5.74, 6) is 1.88. The third-order valence-electron chi connectivity index (χ3n) is 4.60. The maximum Gasteiger partial charge on any atom is 0.172 e. The Morgan fingerprint density at radius 3 is 2.50 bits per heavy atom. The fourth-order valence-corrected chi connectivity index (χ4v) is 3.21. The van der Waals surface area contributed by atoms with Crippen LogP contribution in [-0.2, 0) is 6.42 Å². The lowest BCUT2D eigenvalue weighted by atomic mass is 10.1. The molecule has 1 N–H and O–H groups in total. The first-order chi connectivity index (χ1) is 12.2. The van der Waals surface area contributed by atoms with E-state index in [0.717, 1.165) is 74.2 Å². The first-order valence-corrected chi connectivity index (χ1v) is 9.21. The minimum Gasteiger partial charge on any atom is -0.367 e. The molecule has 0 bridgehead atoms. The van der Waals surface area contributed by atoms with Crippen molar-refractivity contribution in [3.05, 3.63) is 30.2 Å². The van der Waals surface area contributed by atoms with Gasteiger partial charge in [0.25, 0.3) is 0 Å². The Balaban J connectivity index is 0.00000243. The molecule has 1 saturated heterocycles. The lowest BCUT2D eigenvalue weighted by Gasteiger charge is -2.25. The van der Waals surface area contributed by atoms with Crippen molar-refractivity contribution in [1.29, 1.82) is 0 Å². The number of likely N-dealkylation sites (N-methyl/N-ethyl adjacent to an activating group) is 1. The zero-order valence-electron chi connectivity index (χ0n) is 15.9. The van der Waals surface area contributed by atoms with Crippen molar-refractivity contribution < 1.29 is 0 Å². The van der Waals surface area contributed by atoms with Gasteiger partial charge in [-0.05, 0) is 45.5 Å². The van der Waals surface area contributed by atoms with Crippen LogP contribution in [0.5, 0.6) is 0 Å². The Hall–Kier alpha value is -1.92. The van der Waals surface area contributed by atoms with Crippen LogP contribution in [-0.4, -0.2) is 59.6 Å².